The van der Waals surface area contributed by atoms with Crippen LogP contribution in [0.2, 0.25) is 0 Å². The number of morpholine rings is 1. The molecule has 9 heteroatoms. The minimum atomic E-state index is -0.793. The van der Waals surface area contributed by atoms with Crippen molar-refractivity contribution in [2.45, 2.75) is 38.2 Å². The number of aromatic nitrogens is 1. The van der Waals surface area contributed by atoms with Crippen LogP contribution < -0.4 is 0 Å². The molecule has 0 spiro atoms. The van der Waals surface area contributed by atoms with Crippen LogP contribution >= 0.6 is 0 Å². The average molecular weight is 469 g/mol. The van der Waals surface area contributed by atoms with Crippen molar-refractivity contribution in [3.05, 3.63) is 65.4 Å². The van der Waals surface area contributed by atoms with E-state index in [-0.39, 0.29) is 35.0 Å². The maximum absolute atomic E-state index is 14.3. The minimum absolute atomic E-state index is 0.0637. The van der Waals surface area contributed by atoms with Crippen LogP contribution in [0, 0.1) is 33.8 Å². The highest BCUT2D eigenvalue weighted by atomic mass is 19.1. The molecule has 1 aromatic carbocycles. The van der Waals surface area contributed by atoms with E-state index >= 15 is 0 Å². The molecule has 0 radical (unpaired) electrons. The summed E-state index contributed by atoms with van der Waals surface area (Å²) in [5, 5.41) is 17.6. The second-order valence-electron chi connectivity index (χ2n) is 9.25. The van der Waals surface area contributed by atoms with E-state index in [2.05, 4.69) is 4.98 Å². The third kappa shape index (κ3) is 3.77. The molecule has 4 fully saturated rings. The summed E-state index contributed by atoms with van der Waals surface area (Å²) in [6, 6.07) is 3.53. The van der Waals surface area contributed by atoms with Crippen LogP contribution in [0.25, 0.3) is 0 Å². The Morgan fingerprint density at radius 2 is 2.03 bits per heavy atom. The fourth-order valence-electron chi connectivity index (χ4n) is 5.72. The maximum atomic E-state index is 14.3. The minimum Gasteiger partial charge on any atom is -0.438 e. The molecule has 1 aliphatic heterocycles. The maximum Gasteiger partial charge on any atom is 0.291 e. The van der Waals surface area contributed by atoms with E-state index in [1.165, 1.54) is 24.7 Å². The lowest BCUT2D eigenvalue weighted by atomic mass is 9.64. The topological polar surface area (TPSA) is 103 Å². The third-order valence-corrected chi connectivity index (χ3v) is 7.49. The summed E-state index contributed by atoms with van der Waals surface area (Å²) in [5.41, 5.74) is -0.257. The molecule has 2 aromatic rings. The number of ether oxygens (including phenoxy) is 1. The van der Waals surface area contributed by atoms with Gasteiger partial charge in [0.15, 0.2) is 6.39 Å². The molecule has 1 saturated heterocycles. The molecule has 7 nitrogen and oxygen atoms in total. The fourth-order valence-corrected chi connectivity index (χ4v) is 5.72. The molecule has 1 amide bonds. The van der Waals surface area contributed by atoms with Gasteiger partial charge in [-0.1, -0.05) is 12.5 Å². The van der Waals surface area contributed by atoms with Gasteiger partial charge < -0.3 is 24.9 Å². The summed E-state index contributed by atoms with van der Waals surface area (Å²) >= 11 is 0. The Bertz CT molecular complexity index is 1140. The second kappa shape index (κ2) is 8.87. The molecule has 0 unspecified atom stereocenters. The SMILES string of the molecule is N=C(/C=C1\C(=N)[C@]2([C@H]3CN(C(=O)c4cnco4)CCO3)CCC[C@H]1CC2)c1c(F)cccc1F. The van der Waals surface area contributed by atoms with Crippen LogP contribution in [-0.2, 0) is 4.74 Å². The molecule has 2 N–H and O–H groups in total. The van der Waals surface area contributed by atoms with Crippen molar-refractivity contribution in [2.75, 3.05) is 19.7 Å². The van der Waals surface area contributed by atoms with Crippen LogP contribution in [0.4, 0.5) is 8.78 Å². The number of nitrogens with one attached hydrogen (secondary N) is 2. The summed E-state index contributed by atoms with van der Waals surface area (Å²) in [7, 11) is 0. The van der Waals surface area contributed by atoms with Gasteiger partial charge in [0, 0.05) is 24.2 Å². The first kappa shape index (κ1) is 22.6. The van der Waals surface area contributed by atoms with Gasteiger partial charge in [-0.05, 0) is 55.4 Å². The number of rotatable bonds is 4. The Hall–Kier alpha value is -3.20. The lowest BCUT2D eigenvalue weighted by Gasteiger charge is -2.47. The predicted molar refractivity (Wildman–Crippen MR) is 120 cm³/mol. The molecule has 3 aliphatic carbocycles. The Balaban J connectivity index is 1.45. The Kier molecular flexibility index (Phi) is 5.89. The summed E-state index contributed by atoms with van der Waals surface area (Å²) in [6.45, 7) is 1.08. The van der Waals surface area contributed by atoms with Crippen molar-refractivity contribution in [1.29, 1.82) is 10.8 Å². The lowest BCUT2D eigenvalue weighted by Crippen LogP contribution is -2.56. The number of nitrogens with zero attached hydrogens (tertiary/aromatic N) is 2. The number of amides is 1. The van der Waals surface area contributed by atoms with Gasteiger partial charge in [-0.15, -0.1) is 0 Å². The van der Waals surface area contributed by atoms with Crippen molar-refractivity contribution in [2.24, 2.45) is 11.3 Å². The Morgan fingerprint density at radius 1 is 1.24 bits per heavy atom. The summed E-state index contributed by atoms with van der Waals surface area (Å²) < 4.78 is 39.9. The second-order valence-corrected chi connectivity index (χ2v) is 9.25. The smallest absolute Gasteiger partial charge is 0.291 e. The van der Waals surface area contributed by atoms with Crippen molar-refractivity contribution in [1.82, 2.24) is 9.88 Å². The van der Waals surface area contributed by atoms with E-state index in [1.54, 1.807) is 4.90 Å². The zero-order valence-corrected chi connectivity index (χ0v) is 18.7. The van der Waals surface area contributed by atoms with E-state index in [1.807, 2.05) is 0 Å². The van der Waals surface area contributed by atoms with E-state index in [4.69, 9.17) is 20.0 Å². The van der Waals surface area contributed by atoms with E-state index in [0.29, 0.717) is 31.0 Å². The largest absolute Gasteiger partial charge is 0.438 e. The van der Waals surface area contributed by atoms with Crippen molar-refractivity contribution >= 4 is 17.3 Å². The number of hydrogen-bond donors (Lipinski definition) is 2. The highest BCUT2D eigenvalue weighted by Crippen LogP contribution is 2.51. The Labute approximate surface area is 195 Å². The zero-order valence-electron chi connectivity index (χ0n) is 18.7. The average Bonchev–Trinajstić information content (AvgIpc) is 3.23. The van der Waals surface area contributed by atoms with Gasteiger partial charge in [-0.3, -0.25) is 4.79 Å². The lowest BCUT2D eigenvalue weighted by molar-refractivity contribution is -0.0716. The quantitative estimate of drug-likeness (QED) is 0.650. The first-order chi connectivity index (χ1) is 16.4. The molecule has 6 rings (SSSR count). The molecule has 3 saturated carbocycles. The standard InChI is InChI=1S/C25H26F2N4O3/c26-17-4-1-5-18(27)22(17)19(28)11-16-15-3-2-7-25(8-6-15,23(16)29)21-13-31(9-10-33-21)24(32)20-12-30-14-34-20/h1,4-5,11-12,14-15,21,28-29H,2-3,6-10,13H2/b16-11-,28-19?,29-23?/t15-,21+,25+/m0/s1. The van der Waals surface area contributed by atoms with Crippen molar-refractivity contribution < 1.29 is 22.7 Å². The van der Waals surface area contributed by atoms with Gasteiger partial charge in [0.25, 0.3) is 5.91 Å². The number of carbonyl (C=O) groups excluding carboxylic acids is 1. The molecule has 178 valence electrons. The normalized spacial score (nSPS) is 28.2. The number of oxazole rings is 1. The van der Waals surface area contributed by atoms with Gasteiger partial charge in [-0.2, -0.15) is 0 Å². The zero-order chi connectivity index (χ0) is 23.9. The fraction of sp³-hybridized carbons (Fsp3) is 0.440. The van der Waals surface area contributed by atoms with Crippen molar-refractivity contribution in [3.63, 3.8) is 0 Å². The first-order valence-corrected chi connectivity index (χ1v) is 11.5. The summed E-state index contributed by atoms with van der Waals surface area (Å²) in [4.78, 5) is 18.3. The van der Waals surface area contributed by atoms with Gasteiger partial charge in [0.1, 0.15) is 11.6 Å². The summed E-state index contributed by atoms with van der Waals surface area (Å²) in [5.74, 6) is -1.62. The number of benzene rings is 1. The highest BCUT2D eigenvalue weighted by Gasteiger charge is 2.52. The summed E-state index contributed by atoms with van der Waals surface area (Å²) in [6.07, 6.45) is 7.68. The molecule has 2 bridgehead atoms. The molecular weight excluding hydrogens is 442 g/mol. The molecule has 34 heavy (non-hydrogen) atoms. The van der Waals surface area contributed by atoms with Crippen molar-refractivity contribution in [3.8, 4) is 0 Å². The molecular formula is C25H26F2N4O3. The molecule has 3 atom stereocenters. The van der Waals surface area contributed by atoms with Crippen LogP contribution in [0.5, 0.6) is 0 Å². The third-order valence-electron chi connectivity index (χ3n) is 7.49. The first-order valence-electron chi connectivity index (χ1n) is 11.5. The van der Waals surface area contributed by atoms with E-state index in [0.717, 1.165) is 44.2 Å². The van der Waals surface area contributed by atoms with Crippen LogP contribution in [-0.4, -0.2) is 53.0 Å². The van der Waals surface area contributed by atoms with E-state index < -0.39 is 17.0 Å². The van der Waals surface area contributed by atoms with Crippen LogP contribution in [0.3, 0.4) is 0 Å². The number of hydrogen-bond acceptors (Lipinski definition) is 6. The predicted octanol–water partition coefficient (Wildman–Crippen LogP) is 4.39. The van der Waals surface area contributed by atoms with Crippen LogP contribution in [0.1, 0.15) is 48.2 Å². The molecule has 4 aliphatic rings. The monoisotopic (exact) mass is 468 g/mol. The Morgan fingerprint density at radius 3 is 2.76 bits per heavy atom. The van der Waals surface area contributed by atoms with Gasteiger partial charge in [0.05, 0.1) is 30.2 Å². The van der Waals surface area contributed by atoms with Gasteiger partial charge >= 0.3 is 0 Å². The number of halogens is 2. The number of allylic oxidation sites excluding steroid dienone is 2. The number of fused-ring (bicyclic) bond motifs is 4. The number of carbonyl (C=O) groups is 1. The molecule has 2 heterocycles. The molecule has 1 aromatic heterocycles. The van der Waals surface area contributed by atoms with Gasteiger partial charge in [-0.25, -0.2) is 13.8 Å². The van der Waals surface area contributed by atoms with Crippen LogP contribution in [0.15, 0.2) is 46.9 Å². The van der Waals surface area contributed by atoms with Gasteiger partial charge in [0.2, 0.25) is 5.76 Å². The van der Waals surface area contributed by atoms with E-state index in [9.17, 15) is 13.6 Å². The highest BCUT2D eigenvalue weighted by molar-refractivity contribution is 6.14.